The number of aliphatic hydroxyl groups excluding tert-OH is 1. The van der Waals surface area contributed by atoms with E-state index in [1.807, 2.05) is 0 Å². The third-order valence-corrected chi connectivity index (χ3v) is 6.46. The van der Waals surface area contributed by atoms with Crippen LogP contribution in [0.4, 0.5) is 5.69 Å². The van der Waals surface area contributed by atoms with E-state index in [2.05, 4.69) is 20.9 Å². The zero-order valence-corrected chi connectivity index (χ0v) is 18.7. The van der Waals surface area contributed by atoms with Crippen LogP contribution in [-0.4, -0.2) is 30.2 Å². The highest BCUT2D eigenvalue weighted by Gasteiger charge is 2.47. The van der Waals surface area contributed by atoms with Gasteiger partial charge in [-0.25, -0.2) is 13.6 Å². The number of nitrogens with zero attached hydrogens (tertiary/aromatic N) is 2. The molecular formula is C22H16BrN3O5S. The minimum Gasteiger partial charge on any atom is -0.507 e. The van der Waals surface area contributed by atoms with Crippen LogP contribution in [0.3, 0.4) is 0 Å². The van der Waals surface area contributed by atoms with Crippen LogP contribution in [0, 0.1) is 0 Å². The van der Waals surface area contributed by atoms with Crippen molar-refractivity contribution < 1.29 is 23.1 Å². The molecule has 2 aromatic carbocycles. The average molecular weight is 514 g/mol. The second-order valence-electron chi connectivity index (χ2n) is 7.00. The van der Waals surface area contributed by atoms with Gasteiger partial charge in [-0.15, -0.1) is 0 Å². The summed E-state index contributed by atoms with van der Waals surface area (Å²) in [4.78, 5) is 31.2. The van der Waals surface area contributed by atoms with Crippen LogP contribution in [-0.2, 0) is 19.6 Å². The van der Waals surface area contributed by atoms with Crippen LogP contribution in [0.25, 0.3) is 5.76 Å². The number of carbonyl (C=O) groups excluding carboxylic acids is 2. The molecule has 0 radical (unpaired) electrons. The summed E-state index contributed by atoms with van der Waals surface area (Å²) in [5.74, 6) is -2.05. The summed E-state index contributed by atoms with van der Waals surface area (Å²) in [6.07, 6.45) is 3.04. The lowest BCUT2D eigenvalue weighted by atomic mass is 9.96. The molecule has 0 saturated carbocycles. The Morgan fingerprint density at radius 1 is 1.03 bits per heavy atom. The van der Waals surface area contributed by atoms with Crippen molar-refractivity contribution in [2.24, 2.45) is 5.14 Å². The number of hydrogen-bond acceptors (Lipinski definition) is 6. The van der Waals surface area contributed by atoms with E-state index in [0.29, 0.717) is 11.1 Å². The van der Waals surface area contributed by atoms with Crippen LogP contribution in [0.2, 0.25) is 0 Å². The van der Waals surface area contributed by atoms with Crippen LogP contribution in [0.1, 0.15) is 17.2 Å². The largest absolute Gasteiger partial charge is 0.507 e. The number of ketones is 1. The first-order valence-corrected chi connectivity index (χ1v) is 11.6. The first-order chi connectivity index (χ1) is 15.2. The number of aliphatic hydroxyl groups is 1. The Bertz CT molecular complexity index is 1340. The van der Waals surface area contributed by atoms with Gasteiger partial charge in [0, 0.05) is 28.1 Å². The SMILES string of the molecule is NS(=O)(=O)c1ccc(N2C(=O)C(=O)/C(=C(/O)c3ccc(Br)cc3)C2c2cccnc2)cc1. The topological polar surface area (TPSA) is 131 Å². The summed E-state index contributed by atoms with van der Waals surface area (Å²) in [6.45, 7) is 0. The van der Waals surface area contributed by atoms with Crippen molar-refractivity contribution >= 4 is 49.1 Å². The molecule has 2 heterocycles. The first-order valence-electron chi connectivity index (χ1n) is 9.28. The Kier molecular flexibility index (Phi) is 5.68. The molecule has 1 unspecified atom stereocenters. The summed E-state index contributed by atoms with van der Waals surface area (Å²) in [7, 11) is -3.93. The molecule has 4 rings (SSSR count). The van der Waals surface area contributed by atoms with Crippen molar-refractivity contribution in [1.82, 2.24) is 4.98 Å². The maximum Gasteiger partial charge on any atom is 0.300 e. The molecule has 162 valence electrons. The van der Waals surface area contributed by atoms with Gasteiger partial charge in [0.05, 0.1) is 16.5 Å². The number of carbonyl (C=O) groups is 2. The fourth-order valence-electron chi connectivity index (χ4n) is 3.51. The van der Waals surface area contributed by atoms with E-state index in [-0.39, 0.29) is 21.9 Å². The van der Waals surface area contributed by atoms with Crippen molar-refractivity contribution in [2.75, 3.05) is 4.90 Å². The highest BCUT2D eigenvalue weighted by atomic mass is 79.9. The van der Waals surface area contributed by atoms with E-state index in [1.165, 1.54) is 35.4 Å². The Hall–Kier alpha value is -3.34. The van der Waals surface area contributed by atoms with Crippen molar-refractivity contribution in [3.63, 3.8) is 0 Å². The molecule has 0 bridgehead atoms. The van der Waals surface area contributed by atoms with Crippen LogP contribution >= 0.6 is 15.9 Å². The number of rotatable bonds is 4. The van der Waals surface area contributed by atoms with E-state index in [9.17, 15) is 23.1 Å². The number of nitrogens with two attached hydrogens (primary N) is 1. The number of hydrogen-bond donors (Lipinski definition) is 2. The highest BCUT2D eigenvalue weighted by molar-refractivity contribution is 9.10. The van der Waals surface area contributed by atoms with Gasteiger partial charge < -0.3 is 5.11 Å². The van der Waals surface area contributed by atoms with Crippen molar-refractivity contribution in [3.05, 3.63) is 94.2 Å². The number of anilines is 1. The van der Waals surface area contributed by atoms with Gasteiger partial charge in [0.1, 0.15) is 5.76 Å². The highest BCUT2D eigenvalue weighted by Crippen LogP contribution is 2.42. The number of primary sulfonamides is 1. The molecule has 1 aliphatic heterocycles. The van der Waals surface area contributed by atoms with E-state index in [4.69, 9.17) is 5.14 Å². The molecule has 0 aliphatic carbocycles. The van der Waals surface area contributed by atoms with Gasteiger partial charge in [-0.2, -0.15) is 0 Å². The third kappa shape index (κ3) is 3.95. The van der Waals surface area contributed by atoms with Gasteiger partial charge in [0.2, 0.25) is 10.0 Å². The fourth-order valence-corrected chi connectivity index (χ4v) is 4.29. The predicted octanol–water partition coefficient (Wildman–Crippen LogP) is 3.12. The normalized spacial score (nSPS) is 18.2. The smallest absolute Gasteiger partial charge is 0.300 e. The summed E-state index contributed by atoms with van der Waals surface area (Å²) in [5.41, 5.74) is 1.04. The molecule has 10 heteroatoms. The third-order valence-electron chi connectivity index (χ3n) is 5.01. The molecule has 8 nitrogen and oxygen atoms in total. The monoisotopic (exact) mass is 513 g/mol. The van der Waals surface area contributed by atoms with Gasteiger partial charge in [-0.3, -0.25) is 19.5 Å². The van der Waals surface area contributed by atoms with Gasteiger partial charge in [-0.05, 0) is 48.0 Å². The molecule has 3 aromatic rings. The standard InChI is InChI=1S/C22H16BrN3O5S/c23-15-5-3-13(4-6-15)20(27)18-19(14-2-1-11-25-12-14)26(22(29)21(18)28)16-7-9-17(10-8-16)32(24,30)31/h1-12,19,27H,(H2,24,30,31)/b20-18+. The molecule has 0 spiro atoms. The summed E-state index contributed by atoms with van der Waals surface area (Å²) >= 11 is 3.32. The van der Waals surface area contributed by atoms with Crippen LogP contribution < -0.4 is 10.0 Å². The van der Waals surface area contributed by atoms with E-state index >= 15 is 0 Å². The predicted molar refractivity (Wildman–Crippen MR) is 121 cm³/mol. The second-order valence-corrected chi connectivity index (χ2v) is 9.48. The lowest BCUT2D eigenvalue weighted by molar-refractivity contribution is -0.132. The average Bonchev–Trinajstić information content (AvgIpc) is 3.04. The van der Waals surface area contributed by atoms with E-state index in [0.717, 1.165) is 4.47 Å². The molecule has 1 aromatic heterocycles. The summed E-state index contributed by atoms with van der Waals surface area (Å²) in [6, 6.07) is 14.3. The summed E-state index contributed by atoms with van der Waals surface area (Å²) < 4.78 is 23.9. The Morgan fingerprint density at radius 2 is 1.69 bits per heavy atom. The second kappa shape index (κ2) is 8.30. The maximum atomic E-state index is 13.0. The van der Waals surface area contributed by atoms with E-state index < -0.39 is 27.8 Å². The van der Waals surface area contributed by atoms with Crippen LogP contribution in [0.15, 0.2) is 88.0 Å². The Morgan fingerprint density at radius 3 is 2.25 bits per heavy atom. The maximum absolute atomic E-state index is 13.0. The van der Waals surface area contributed by atoms with Gasteiger partial charge >= 0.3 is 0 Å². The quantitative estimate of drug-likeness (QED) is 0.313. The number of benzene rings is 2. The molecule has 32 heavy (non-hydrogen) atoms. The van der Waals surface area contributed by atoms with Gasteiger partial charge in [0.15, 0.2) is 0 Å². The minimum atomic E-state index is -3.93. The van der Waals surface area contributed by atoms with Gasteiger partial charge in [-0.1, -0.05) is 34.1 Å². The lowest BCUT2D eigenvalue weighted by Gasteiger charge is -2.25. The molecule has 1 saturated heterocycles. The number of aromatic nitrogens is 1. The summed E-state index contributed by atoms with van der Waals surface area (Å²) in [5, 5.41) is 16.1. The number of Topliss-reactive ketones (excluding diaryl/α,β-unsaturated/α-hetero) is 1. The van der Waals surface area contributed by atoms with Crippen molar-refractivity contribution in [2.45, 2.75) is 10.9 Å². The van der Waals surface area contributed by atoms with E-state index in [1.54, 1.807) is 42.6 Å². The Labute approximate surface area is 192 Å². The molecule has 3 N–H and O–H groups in total. The molecule has 1 aliphatic rings. The number of halogens is 1. The molecular weight excluding hydrogens is 498 g/mol. The zero-order valence-electron chi connectivity index (χ0n) is 16.3. The number of pyridine rings is 1. The minimum absolute atomic E-state index is 0.0964. The fraction of sp³-hybridized carbons (Fsp3) is 0.0455. The molecule has 1 atom stereocenters. The first kappa shape index (κ1) is 21.9. The molecule has 1 fully saturated rings. The Balaban J connectivity index is 1.90. The number of amides is 1. The van der Waals surface area contributed by atoms with Gasteiger partial charge in [0.25, 0.3) is 11.7 Å². The lowest BCUT2D eigenvalue weighted by Crippen LogP contribution is -2.29. The van der Waals surface area contributed by atoms with Crippen molar-refractivity contribution in [1.29, 1.82) is 0 Å². The van der Waals surface area contributed by atoms with Crippen molar-refractivity contribution in [3.8, 4) is 0 Å². The molecule has 1 amide bonds. The zero-order chi connectivity index (χ0) is 23.0. The number of sulfonamides is 1. The van der Waals surface area contributed by atoms with Crippen LogP contribution in [0.5, 0.6) is 0 Å².